The molecule has 1 fully saturated rings. The fourth-order valence-corrected chi connectivity index (χ4v) is 2.69. The van der Waals surface area contributed by atoms with E-state index in [2.05, 4.69) is 10.6 Å². The fourth-order valence-electron chi connectivity index (χ4n) is 2.69. The van der Waals surface area contributed by atoms with Crippen LogP contribution in [0.3, 0.4) is 0 Å². The van der Waals surface area contributed by atoms with Crippen molar-refractivity contribution in [3.8, 4) is 0 Å². The van der Waals surface area contributed by atoms with E-state index < -0.39 is 0 Å². The van der Waals surface area contributed by atoms with Gasteiger partial charge in [0.05, 0.1) is 13.2 Å². The molecule has 1 saturated heterocycles. The van der Waals surface area contributed by atoms with Gasteiger partial charge < -0.3 is 14.2 Å². The summed E-state index contributed by atoms with van der Waals surface area (Å²) in [6.07, 6.45) is 0. The smallest absolute Gasteiger partial charge is 0.276 e. The Morgan fingerprint density at radius 2 is 1.96 bits per heavy atom. The molecule has 2 aromatic rings. The molecule has 0 aliphatic carbocycles. The van der Waals surface area contributed by atoms with Crippen molar-refractivity contribution in [1.82, 2.24) is 20.5 Å². The number of aryl methyl sites for hydroxylation is 1. The highest BCUT2D eigenvalue weighted by Crippen LogP contribution is 2.10. The summed E-state index contributed by atoms with van der Waals surface area (Å²) in [6.45, 7) is 4.35. The molecule has 1 N–H and O–H groups in total. The van der Waals surface area contributed by atoms with E-state index in [0.29, 0.717) is 38.6 Å². The zero-order valence-corrected chi connectivity index (χ0v) is 14.7. The van der Waals surface area contributed by atoms with E-state index in [1.165, 1.54) is 4.90 Å². The van der Waals surface area contributed by atoms with E-state index in [-0.39, 0.29) is 24.1 Å². The van der Waals surface area contributed by atoms with Crippen LogP contribution < -0.4 is 5.43 Å². The summed E-state index contributed by atoms with van der Waals surface area (Å²) in [5, 5.41) is 5.58. The third-order valence-corrected chi connectivity index (χ3v) is 3.98. The SMILES string of the molecule is Cc1cc(C(=O)N(CC(=O)NN2CCOCC2)Cc2ccccc2)no1. The molecule has 26 heavy (non-hydrogen) atoms. The predicted octanol–water partition coefficient (Wildman–Crippen LogP) is 0.989. The van der Waals surface area contributed by atoms with Gasteiger partial charge in [-0.1, -0.05) is 35.5 Å². The van der Waals surface area contributed by atoms with Gasteiger partial charge in [0.1, 0.15) is 12.3 Å². The van der Waals surface area contributed by atoms with Gasteiger partial charge in [-0.15, -0.1) is 0 Å². The van der Waals surface area contributed by atoms with Gasteiger partial charge in [-0.2, -0.15) is 0 Å². The van der Waals surface area contributed by atoms with Crippen LogP contribution in [0.1, 0.15) is 21.8 Å². The maximum atomic E-state index is 12.8. The highest BCUT2D eigenvalue weighted by Gasteiger charge is 2.23. The zero-order chi connectivity index (χ0) is 18.4. The van der Waals surface area contributed by atoms with E-state index in [4.69, 9.17) is 9.26 Å². The Balaban J connectivity index is 1.69. The number of hydrogen-bond donors (Lipinski definition) is 1. The molecule has 138 valence electrons. The Hall–Kier alpha value is -2.71. The van der Waals surface area contributed by atoms with E-state index in [1.807, 2.05) is 30.3 Å². The molecule has 8 heteroatoms. The predicted molar refractivity (Wildman–Crippen MR) is 93.0 cm³/mol. The number of carbonyl (C=O) groups excluding carboxylic acids is 2. The van der Waals surface area contributed by atoms with Crippen molar-refractivity contribution in [3.63, 3.8) is 0 Å². The largest absolute Gasteiger partial charge is 0.379 e. The number of nitrogens with zero attached hydrogens (tertiary/aromatic N) is 3. The second kappa shape index (κ2) is 8.59. The Bertz CT molecular complexity index is 741. The highest BCUT2D eigenvalue weighted by atomic mass is 16.5. The second-order valence-corrected chi connectivity index (χ2v) is 6.10. The zero-order valence-electron chi connectivity index (χ0n) is 14.7. The number of ether oxygens (including phenoxy) is 1. The molecule has 0 atom stereocenters. The van der Waals surface area contributed by atoms with Crippen molar-refractivity contribution in [2.45, 2.75) is 13.5 Å². The molecular weight excluding hydrogens is 336 g/mol. The molecule has 3 rings (SSSR count). The third-order valence-electron chi connectivity index (χ3n) is 3.98. The van der Waals surface area contributed by atoms with Crippen molar-refractivity contribution in [2.24, 2.45) is 0 Å². The minimum Gasteiger partial charge on any atom is -0.379 e. The van der Waals surface area contributed by atoms with Crippen molar-refractivity contribution in [2.75, 3.05) is 32.8 Å². The summed E-state index contributed by atoms with van der Waals surface area (Å²) in [5.74, 6) is -0.0509. The minimum atomic E-state index is -0.345. The normalized spacial score (nSPS) is 14.8. The summed E-state index contributed by atoms with van der Waals surface area (Å²) in [4.78, 5) is 26.7. The summed E-state index contributed by atoms with van der Waals surface area (Å²) < 4.78 is 10.3. The topological polar surface area (TPSA) is 87.9 Å². The molecule has 0 radical (unpaired) electrons. The molecular formula is C18H22N4O4. The molecule has 2 amide bonds. The van der Waals surface area contributed by atoms with Gasteiger partial charge in [-0.3, -0.25) is 15.0 Å². The maximum absolute atomic E-state index is 12.8. The molecule has 0 unspecified atom stereocenters. The van der Waals surface area contributed by atoms with Gasteiger partial charge in [0.2, 0.25) is 0 Å². The summed E-state index contributed by atoms with van der Waals surface area (Å²) >= 11 is 0. The van der Waals surface area contributed by atoms with E-state index >= 15 is 0 Å². The summed E-state index contributed by atoms with van der Waals surface area (Å²) in [7, 11) is 0. The van der Waals surface area contributed by atoms with Gasteiger partial charge in [-0.05, 0) is 12.5 Å². The number of amides is 2. The lowest BCUT2D eigenvalue weighted by Crippen LogP contribution is -2.51. The van der Waals surface area contributed by atoms with Crippen LogP contribution in [0.2, 0.25) is 0 Å². The lowest BCUT2D eigenvalue weighted by atomic mass is 10.2. The van der Waals surface area contributed by atoms with Crippen molar-refractivity contribution in [1.29, 1.82) is 0 Å². The molecule has 1 aliphatic heterocycles. The number of hydrogen-bond acceptors (Lipinski definition) is 6. The highest BCUT2D eigenvalue weighted by molar-refractivity contribution is 5.94. The first-order valence-corrected chi connectivity index (χ1v) is 8.50. The van der Waals surface area contributed by atoms with Crippen molar-refractivity contribution in [3.05, 3.63) is 53.4 Å². The van der Waals surface area contributed by atoms with Gasteiger partial charge in [0, 0.05) is 25.7 Å². The van der Waals surface area contributed by atoms with Gasteiger partial charge >= 0.3 is 0 Å². The number of rotatable bonds is 6. The minimum absolute atomic E-state index is 0.0724. The average molecular weight is 358 g/mol. The van der Waals surface area contributed by atoms with Crippen LogP contribution in [-0.4, -0.2) is 59.7 Å². The van der Waals surface area contributed by atoms with Crippen LogP contribution in [0.25, 0.3) is 0 Å². The van der Waals surface area contributed by atoms with Gasteiger partial charge in [0.15, 0.2) is 5.69 Å². The first kappa shape index (κ1) is 18.1. The van der Waals surface area contributed by atoms with Crippen molar-refractivity contribution < 1.29 is 18.8 Å². The van der Waals surface area contributed by atoms with Crippen LogP contribution in [0, 0.1) is 6.92 Å². The van der Waals surface area contributed by atoms with Crippen LogP contribution in [0.15, 0.2) is 40.9 Å². The second-order valence-electron chi connectivity index (χ2n) is 6.10. The van der Waals surface area contributed by atoms with E-state index in [1.54, 1.807) is 18.0 Å². The summed E-state index contributed by atoms with van der Waals surface area (Å²) in [5.41, 5.74) is 3.95. The lowest BCUT2D eigenvalue weighted by Gasteiger charge is -2.28. The van der Waals surface area contributed by atoms with Crippen LogP contribution in [-0.2, 0) is 16.1 Å². The van der Waals surface area contributed by atoms with Gasteiger partial charge in [-0.25, -0.2) is 5.01 Å². The number of carbonyl (C=O) groups is 2. The van der Waals surface area contributed by atoms with Gasteiger partial charge in [0.25, 0.3) is 11.8 Å². The maximum Gasteiger partial charge on any atom is 0.276 e. The number of nitrogens with one attached hydrogen (secondary N) is 1. The van der Waals surface area contributed by atoms with E-state index in [0.717, 1.165) is 5.56 Å². The molecule has 1 aromatic heterocycles. The van der Waals surface area contributed by atoms with Crippen LogP contribution in [0.4, 0.5) is 0 Å². The Kier molecular flexibility index (Phi) is 5.98. The molecule has 8 nitrogen and oxygen atoms in total. The van der Waals surface area contributed by atoms with Crippen LogP contribution >= 0.6 is 0 Å². The Morgan fingerprint density at radius 1 is 1.23 bits per heavy atom. The third kappa shape index (κ3) is 4.90. The Morgan fingerprint density at radius 3 is 2.62 bits per heavy atom. The molecule has 0 bridgehead atoms. The lowest BCUT2D eigenvalue weighted by molar-refractivity contribution is -0.128. The van der Waals surface area contributed by atoms with E-state index in [9.17, 15) is 9.59 Å². The molecule has 0 saturated carbocycles. The van der Waals surface area contributed by atoms with Crippen LogP contribution in [0.5, 0.6) is 0 Å². The molecule has 2 heterocycles. The standard InChI is InChI=1S/C18H22N4O4/c1-14-11-16(20-26-14)18(24)21(12-15-5-3-2-4-6-15)13-17(23)19-22-7-9-25-10-8-22/h2-6,11H,7-10,12-13H2,1H3,(H,19,23). The number of morpholine rings is 1. The average Bonchev–Trinajstić information content (AvgIpc) is 3.08. The molecule has 1 aromatic carbocycles. The Labute approximate surface area is 151 Å². The summed E-state index contributed by atoms with van der Waals surface area (Å²) in [6, 6.07) is 11.1. The number of aromatic nitrogens is 1. The van der Waals surface area contributed by atoms with Crippen molar-refractivity contribution >= 4 is 11.8 Å². The number of hydrazine groups is 1. The quantitative estimate of drug-likeness (QED) is 0.829. The monoisotopic (exact) mass is 358 g/mol. The first-order valence-electron chi connectivity index (χ1n) is 8.50. The fraction of sp³-hybridized carbons (Fsp3) is 0.389. The first-order chi connectivity index (χ1) is 12.6. The number of benzene rings is 1. The molecule has 1 aliphatic rings. The molecule has 0 spiro atoms.